The first-order valence-electron chi connectivity index (χ1n) is 5.75. The molecular formula is C13H22N2O. The summed E-state index contributed by atoms with van der Waals surface area (Å²) < 4.78 is 5.60. The first-order chi connectivity index (χ1) is 7.42. The van der Waals surface area contributed by atoms with Crippen LogP contribution in [-0.2, 0) is 6.54 Å². The summed E-state index contributed by atoms with van der Waals surface area (Å²) in [6.45, 7) is 11.9. The van der Waals surface area contributed by atoms with Gasteiger partial charge >= 0.3 is 0 Å². The molecule has 16 heavy (non-hydrogen) atoms. The van der Waals surface area contributed by atoms with Crippen molar-refractivity contribution in [1.82, 2.24) is 10.3 Å². The molecule has 1 rings (SSSR count). The molecule has 0 radical (unpaired) electrons. The summed E-state index contributed by atoms with van der Waals surface area (Å²) in [5.41, 5.74) is 2.21. The Morgan fingerprint density at radius 2 is 2.06 bits per heavy atom. The van der Waals surface area contributed by atoms with E-state index in [-0.39, 0.29) is 5.54 Å². The highest BCUT2D eigenvalue weighted by atomic mass is 16.5. The molecule has 0 aliphatic heterocycles. The van der Waals surface area contributed by atoms with Gasteiger partial charge in [-0.15, -0.1) is 0 Å². The topological polar surface area (TPSA) is 34.1 Å². The minimum Gasteiger partial charge on any atom is -0.493 e. The Balaban J connectivity index is 2.78. The van der Waals surface area contributed by atoms with E-state index in [9.17, 15) is 0 Å². The van der Waals surface area contributed by atoms with Gasteiger partial charge in [0.15, 0.2) is 0 Å². The Bertz CT molecular complexity index is 342. The Labute approximate surface area is 98.2 Å². The molecular weight excluding hydrogens is 200 g/mol. The van der Waals surface area contributed by atoms with Crippen molar-refractivity contribution in [3.8, 4) is 5.75 Å². The highest BCUT2D eigenvalue weighted by molar-refractivity contribution is 5.32. The SMILES string of the molecule is CCOc1cc(C)ncc1CNC(C)(C)C. The summed E-state index contributed by atoms with van der Waals surface area (Å²) in [6, 6.07) is 1.99. The molecule has 0 aliphatic carbocycles. The minimum absolute atomic E-state index is 0.106. The second kappa shape index (κ2) is 5.30. The van der Waals surface area contributed by atoms with E-state index >= 15 is 0 Å². The molecule has 0 saturated carbocycles. The zero-order chi connectivity index (χ0) is 12.2. The third-order valence-corrected chi connectivity index (χ3v) is 2.19. The molecule has 0 bridgehead atoms. The summed E-state index contributed by atoms with van der Waals surface area (Å²) in [4.78, 5) is 4.30. The standard InChI is InChI=1S/C13H22N2O/c1-6-16-12-7-10(2)14-8-11(12)9-15-13(3,4)5/h7-8,15H,6,9H2,1-5H3. The van der Waals surface area contributed by atoms with Crippen molar-refractivity contribution in [2.45, 2.75) is 46.7 Å². The van der Waals surface area contributed by atoms with E-state index in [1.165, 1.54) is 0 Å². The normalized spacial score (nSPS) is 11.6. The van der Waals surface area contributed by atoms with Gasteiger partial charge in [-0.05, 0) is 34.6 Å². The average molecular weight is 222 g/mol. The number of rotatable bonds is 4. The fraction of sp³-hybridized carbons (Fsp3) is 0.615. The molecule has 0 spiro atoms. The highest BCUT2D eigenvalue weighted by Gasteiger charge is 2.11. The second-order valence-corrected chi connectivity index (χ2v) is 4.97. The van der Waals surface area contributed by atoms with Crippen LogP contribution in [0, 0.1) is 6.92 Å². The number of hydrogen-bond acceptors (Lipinski definition) is 3. The molecule has 0 amide bonds. The van der Waals surface area contributed by atoms with Crippen molar-refractivity contribution in [2.24, 2.45) is 0 Å². The summed E-state index contributed by atoms with van der Waals surface area (Å²) in [7, 11) is 0. The predicted octanol–water partition coefficient (Wildman–Crippen LogP) is 2.68. The van der Waals surface area contributed by atoms with E-state index in [1.54, 1.807) is 0 Å². The smallest absolute Gasteiger partial charge is 0.127 e. The molecule has 0 aromatic carbocycles. The molecule has 90 valence electrons. The molecule has 0 aliphatic rings. The van der Waals surface area contributed by atoms with Crippen LogP contribution in [-0.4, -0.2) is 17.1 Å². The van der Waals surface area contributed by atoms with Crippen molar-refractivity contribution in [2.75, 3.05) is 6.61 Å². The molecule has 0 saturated heterocycles. The molecule has 0 unspecified atom stereocenters. The maximum absolute atomic E-state index is 5.60. The summed E-state index contributed by atoms with van der Waals surface area (Å²) >= 11 is 0. The van der Waals surface area contributed by atoms with Gasteiger partial charge in [-0.25, -0.2) is 0 Å². The van der Waals surface area contributed by atoms with E-state index in [4.69, 9.17) is 4.74 Å². The van der Waals surface area contributed by atoms with Gasteiger partial charge in [0.25, 0.3) is 0 Å². The van der Waals surface area contributed by atoms with Gasteiger partial charge in [0, 0.05) is 35.6 Å². The predicted molar refractivity (Wildman–Crippen MR) is 66.7 cm³/mol. The van der Waals surface area contributed by atoms with Gasteiger partial charge in [0.05, 0.1) is 6.61 Å². The summed E-state index contributed by atoms with van der Waals surface area (Å²) in [5, 5.41) is 3.44. The first kappa shape index (κ1) is 13.0. The van der Waals surface area contributed by atoms with Crippen molar-refractivity contribution in [3.05, 3.63) is 23.5 Å². The number of aromatic nitrogens is 1. The number of ether oxygens (including phenoxy) is 1. The fourth-order valence-corrected chi connectivity index (χ4v) is 1.35. The molecule has 1 N–H and O–H groups in total. The maximum atomic E-state index is 5.60. The lowest BCUT2D eigenvalue weighted by molar-refractivity contribution is 0.331. The first-order valence-corrected chi connectivity index (χ1v) is 5.75. The number of nitrogens with zero attached hydrogens (tertiary/aromatic N) is 1. The number of hydrogen-bond donors (Lipinski definition) is 1. The van der Waals surface area contributed by atoms with Crippen molar-refractivity contribution < 1.29 is 4.74 Å². The van der Waals surface area contributed by atoms with Crippen LogP contribution < -0.4 is 10.1 Å². The van der Waals surface area contributed by atoms with Crippen LogP contribution in [0.3, 0.4) is 0 Å². The van der Waals surface area contributed by atoms with Crippen LogP contribution in [0.4, 0.5) is 0 Å². The zero-order valence-corrected chi connectivity index (χ0v) is 10.9. The van der Waals surface area contributed by atoms with Gasteiger partial charge < -0.3 is 10.1 Å². The van der Waals surface area contributed by atoms with Crippen LogP contribution in [0.1, 0.15) is 39.0 Å². The van der Waals surface area contributed by atoms with Gasteiger partial charge in [0.1, 0.15) is 5.75 Å². The van der Waals surface area contributed by atoms with Gasteiger partial charge in [-0.1, -0.05) is 0 Å². The lowest BCUT2D eigenvalue weighted by atomic mass is 10.1. The van der Waals surface area contributed by atoms with Crippen molar-refractivity contribution >= 4 is 0 Å². The van der Waals surface area contributed by atoms with E-state index < -0.39 is 0 Å². The molecule has 1 heterocycles. The third-order valence-electron chi connectivity index (χ3n) is 2.19. The Hall–Kier alpha value is -1.09. The van der Waals surface area contributed by atoms with E-state index in [1.807, 2.05) is 26.1 Å². The van der Waals surface area contributed by atoms with Crippen molar-refractivity contribution in [3.63, 3.8) is 0 Å². The van der Waals surface area contributed by atoms with Crippen molar-refractivity contribution in [1.29, 1.82) is 0 Å². The molecule has 1 aromatic rings. The fourth-order valence-electron chi connectivity index (χ4n) is 1.35. The summed E-state index contributed by atoms with van der Waals surface area (Å²) in [5.74, 6) is 0.937. The minimum atomic E-state index is 0.106. The van der Waals surface area contributed by atoms with Crippen LogP contribution in [0.15, 0.2) is 12.3 Å². The number of nitrogens with one attached hydrogen (secondary N) is 1. The van der Waals surface area contributed by atoms with Crippen LogP contribution in [0.5, 0.6) is 5.75 Å². The quantitative estimate of drug-likeness (QED) is 0.850. The highest BCUT2D eigenvalue weighted by Crippen LogP contribution is 2.19. The van der Waals surface area contributed by atoms with Gasteiger partial charge in [-0.3, -0.25) is 4.98 Å². The monoisotopic (exact) mass is 222 g/mol. The molecule has 0 fully saturated rings. The molecule has 3 heteroatoms. The Kier molecular flexibility index (Phi) is 4.30. The van der Waals surface area contributed by atoms with E-state index in [0.29, 0.717) is 6.61 Å². The average Bonchev–Trinajstić information content (AvgIpc) is 2.15. The van der Waals surface area contributed by atoms with Gasteiger partial charge in [0.2, 0.25) is 0 Å². The third kappa shape index (κ3) is 4.19. The van der Waals surface area contributed by atoms with Crippen LogP contribution >= 0.6 is 0 Å². The molecule has 3 nitrogen and oxygen atoms in total. The largest absolute Gasteiger partial charge is 0.493 e. The van der Waals surface area contributed by atoms with Gasteiger partial charge in [-0.2, -0.15) is 0 Å². The molecule has 0 atom stereocenters. The second-order valence-electron chi connectivity index (χ2n) is 4.97. The van der Waals surface area contributed by atoms with Crippen LogP contribution in [0.25, 0.3) is 0 Å². The lowest BCUT2D eigenvalue weighted by Crippen LogP contribution is -2.35. The lowest BCUT2D eigenvalue weighted by Gasteiger charge is -2.21. The molecule has 1 aromatic heterocycles. The van der Waals surface area contributed by atoms with Crippen LogP contribution in [0.2, 0.25) is 0 Å². The number of aryl methyl sites for hydroxylation is 1. The Morgan fingerprint density at radius 1 is 1.38 bits per heavy atom. The van der Waals surface area contributed by atoms with E-state index in [2.05, 4.69) is 31.1 Å². The Morgan fingerprint density at radius 3 is 2.62 bits per heavy atom. The number of pyridine rings is 1. The maximum Gasteiger partial charge on any atom is 0.127 e. The summed E-state index contributed by atoms with van der Waals surface area (Å²) in [6.07, 6.45) is 1.89. The zero-order valence-electron chi connectivity index (χ0n) is 10.9. The van der Waals surface area contributed by atoms with E-state index in [0.717, 1.165) is 23.6 Å².